The highest BCUT2D eigenvalue weighted by Gasteiger charge is 2.20. The second kappa shape index (κ2) is 54.7. The molecule has 6 heteroatoms. The van der Waals surface area contributed by atoms with E-state index in [1.807, 2.05) is 0 Å². The van der Waals surface area contributed by atoms with Crippen LogP contribution in [0.1, 0.15) is 303 Å². The Balaban J connectivity index is 3.49. The molecule has 1 amide bonds. The summed E-state index contributed by atoms with van der Waals surface area (Å²) < 4.78 is 5.44. The molecule has 3 N–H and O–H groups in total. The van der Waals surface area contributed by atoms with Gasteiger partial charge in [0, 0.05) is 12.8 Å². The minimum atomic E-state index is -0.676. The van der Waals surface area contributed by atoms with Crippen molar-refractivity contribution in [3.8, 4) is 0 Å². The van der Waals surface area contributed by atoms with E-state index in [4.69, 9.17) is 4.74 Å². The van der Waals surface area contributed by atoms with Crippen LogP contribution in [0.2, 0.25) is 0 Å². The third-order valence-corrected chi connectivity index (χ3v) is 13.1. The van der Waals surface area contributed by atoms with Gasteiger partial charge in [-0.05, 0) is 77.0 Å². The molecule has 65 heavy (non-hydrogen) atoms. The average Bonchev–Trinajstić information content (AvgIpc) is 3.31. The van der Waals surface area contributed by atoms with Gasteiger partial charge in [0.15, 0.2) is 0 Å². The molecule has 0 rings (SSSR count). The van der Waals surface area contributed by atoms with E-state index in [9.17, 15) is 19.8 Å². The van der Waals surface area contributed by atoms with E-state index in [-0.39, 0.29) is 18.5 Å². The number of aliphatic hydroxyl groups is 2. The van der Waals surface area contributed by atoms with Crippen LogP contribution in [0, 0.1) is 0 Å². The summed E-state index contributed by atoms with van der Waals surface area (Å²) >= 11 is 0. The second-order valence-electron chi connectivity index (χ2n) is 19.6. The predicted molar refractivity (Wildman–Crippen MR) is 283 cm³/mol. The van der Waals surface area contributed by atoms with Crippen LogP contribution in [0.3, 0.4) is 0 Å². The van der Waals surface area contributed by atoms with E-state index < -0.39 is 12.1 Å². The SMILES string of the molecule is CCC/C=C\C/C=C\CCCCCCCC(=O)OCCCCCC/C=C\CCCCCCCCCC(=O)NC(CO)C(O)CCCCCCCCCCCCCCCCCCCCCC. The van der Waals surface area contributed by atoms with Crippen molar-refractivity contribution in [2.75, 3.05) is 13.2 Å². The monoisotopic (exact) mass is 914 g/mol. The standard InChI is InChI=1S/C59H111NO5/c1-3-5-7-9-11-13-15-17-18-19-20-21-22-24-28-31-35-39-43-47-51-57(62)56(55-61)60-58(63)52-48-44-40-36-32-29-25-23-26-30-34-38-42-46-50-54-65-59(64)53-49-45-41-37-33-27-16-14-12-10-8-6-4-2/h8,10,14,16,26,30,56-57,61-62H,3-7,9,11-13,15,17-25,27-29,31-55H2,1-2H3,(H,60,63)/b10-8-,16-14-,30-26-. The summed E-state index contributed by atoms with van der Waals surface area (Å²) in [6.45, 7) is 4.86. The molecule has 0 radical (unpaired) electrons. The van der Waals surface area contributed by atoms with Gasteiger partial charge >= 0.3 is 5.97 Å². The van der Waals surface area contributed by atoms with E-state index in [1.54, 1.807) is 0 Å². The quantitative estimate of drug-likeness (QED) is 0.0321. The molecule has 0 aliphatic rings. The fraction of sp³-hybridized carbons (Fsp3) is 0.864. The van der Waals surface area contributed by atoms with Crippen molar-refractivity contribution in [3.63, 3.8) is 0 Å². The van der Waals surface area contributed by atoms with E-state index >= 15 is 0 Å². The lowest BCUT2D eigenvalue weighted by atomic mass is 10.0. The second-order valence-corrected chi connectivity index (χ2v) is 19.6. The van der Waals surface area contributed by atoms with Crippen LogP contribution in [0.4, 0.5) is 0 Å². The van der Waals surface area contributed by atoms with Crippen molar-refractivity contribution in [1.29, 1.82) is 0 Å². The lowest BCUT2D eigenvalue weighted by Gasteiger charge is -2.22. The highest BCUT2D eigenvalue weighted by Crippen LogP contribution is 2.17. The maximum atomic E-state index is 12.5. The summed E-state index contributed by atoms with van der Waals surface area (Å²) in [6, 6.07) is -0.554. The lowest BCUT2D eigenvalue weighted by Crippen LogP contribution is -2.45. The number of aliphatic hydroxyl groups excluding tert-OH is 2. The number of hydrogen-bond donors (Lipinski definition) is 3. The van der Waals surface area contributed by atoms with Gasteiger partial charge in [-0.1, -0.05) is 249 Å². The zero-order valence-electron chi connectivity index (χ0n) is 43.5. The normalized spacial score (nSPS) is 12.9. The van der Waals surface area contributed by atoms with Crippen LogP contribution >= 0.6 is 0 Å². The van der Waals surface area contributed by atoms with Gasteiger partial charge < -0.3 is 20.3 Å². The number of amides is 1. The van der Waals surface area contributed by atoms with Crippen molar-refractivity contribution >= 4 is 11.9 Å². The molecule has 0 aliphatic carbocycles. The molecule has 0 aliphatic heterocycles. The number of esters is 1. The number of ether oxygens (including phenoxy) is 1. The summed E-state index contributed by atoms with van der Waals surface area (Å²) in [5, 5.41) is 23.3. The Morgan fingerprint density at radius 3 is 1.25 bits per heavy atom. The average molecular weight is 915 g/mol. The van der Waals surface area contributed by atoms with Crippen molar-refractivity contribution in [2.24, 2.45) is 0 Å². The van der Waals surface area contributed by atoms with Gasteiger partial charge in [0.25, 0.3) is 0 Å². The third kappa shape index (κ3) is 51.3. The maximum Gasteiger partial charge on any atom is 0.305 e. The van der Waals surface area contributed by atoms with Gasteiger partial charge in [0.2, 0.25) is 5.91 Å². The molecule has 2 unspecified atom stereocenters. The molecule has 2 atom stereocenters. The molecule has 0 heterocycles. The first-order valence-electron chi connectivity index (χ1n) is 28.7. The Kier molecular flexibility index (Phi) is 53.1. The fourth-order valence-corrected chi connectivity index (χ4v) is 8.73. The Hall–Kier alpha value is -1.92. The number of carbonyl (C=O) groups is 2. The first-order chi connectivity index (χ1) is 32.0. The molecule has 0 bridgehead atoms. The van der Waals surface area contributed by atoms with Crippen LogP contribution in [0.25, 0.3) is 0 Å². The zero-order valence-corrected chi connectivity index (χ0v) is 43.5. The fourth-order valence-electron chi connectivity index (χ4n) is 8.73. The topological polar surface area (TPSA) is 95.9 Å². The number of rotatable bonds is 53. The third-order valence-electron chi connectivity index (χ3n) is 13.1. The molecule has 0 aromatic heterocycles. The van der Waals surface area contributed by atoms with Crippen LogP contribution in [0.15, 0.2) is 36.5 Å². The van der Waals surface area contributed by atoms with Crippen molar-refractivity contribution < 1.29 is 24.5 Å². The zero-order chi connectivity index (χ0) is 47.2. The number of hydrogen-bond acceptors (Lipinski definition) is 5. The molecule has 0 spiro atoms. The van der Waals surface area contributed by atoms with Crippen LogP contribution < -0.4 is 5.32 Å². The van der Waals surface area contributed by atoms with E-state index in [0.29, 0.717) is 25.9 Å². The van der Waals surface area contributed by atoms with Crippen LogP contribution in [0.5, 0.6) is 0 Å². The predicted octanol–water partition coefficient (Wildman–Crippen LogP) is 17.6. The van der Waals surface area contributed by atoms with E-state index in [0.717, 1.165) is 83.5 Å². The largest absolute Gasteiger partial charge is 0.466 e. The van der Waals surface area contributed by atoms with Crippen LogP contribution in [-0.4, -0.2) is 47.4 Å². The lowest BCUT2D eigenvalue weighted by molar-refractivity contribution is -0.143. The minimum absolute atomic E-state index is 0.0253. The van der Waals surface area contributed by atoms with Gasteiger partial charge in [-0.3, -0.25) is 9.59 Å². The van der Waals surface area contributed by atoms with Crippen molar-refractivity contribution in [1.82, 2.24) is 5.32 Å². The first-order valence-corrected chi connectivity index (χ1v) is 28.7. The van der Waals surface area contributed by atoms with Crippen molar-refractivity contribution in [2.45, 2.75) is 315 Å². The molecule has 382 valence electrons. The smallest absolute Gasteiger partial charge is 0.305 e. The molecular formula is C59H111NO5. The number of nitrogens with one attached hydrogen (secondary N) is 1. The van der Waals surface area contributed by atoms with Crippen LogP contribution in [-0.2, 0) is 14.3 Å². The Morgan fingerprint density at radius 2 is 0.800 bits per heavy atom. The molecule has 0 saturated heterocycles. The Morgan fingerprint density at radius 1 is 0.431 bits per heavy atom. The Labute approximate surface area is 404 Å². The highest BCUT2D eigenvalue weighted by atomic mass is 16.5. The number of unbranched alkanes of at least 4 members (excludes halogenated alkanes) is 36. The summed E-state index contributed by atoms with van der Waals surface area (Å²) in [6.07, 6.45) is 67.0. The van der Waals surface area contributed by atoms with Gasteiger partial charge in [-0.15, -0.1) is 0 Å². The van der Waals surface area contributed by atoms with Gasteiger partial charge in [-0.25, -0.2) is 0 Å². The molecule has 0 saturated carbocycles. The van der Waals surface area contributed by atoms with E-state index in [1.165, 1.54) is 186 Å². The Bertz CT molecular complexity index is 1060. The van der Waals surface area contributed by atoms with Gasteiger partial charge in [0.1, 0.15) is 0 Å². The highest BCUT2D eigenvalue weighted by molar-refractivity contribution is 5.76. The van der Waals surface area contributed by atoms with E-state index in [2.05, 4.69) is 55.6 Å². The molecule has 6 nitrogen and oxygen atoms in total. The molecule has 0 aromatic carbocycles. The molecular weight excluding hydrogens is 803 g/mol. The number of carbonyl (C=O) groups excluding carboxylic acids is 2. The minimum Gasteiger partial charge on any atom is -0.466 e. The molecule has 0 fully saturated rings. The van der Waals surface area contributed by atoms with Gasteiger partial charge in [-0.2, -0.15) is 0 Å². The maximum absolute atomic E-state index is 12.5. The van der Waals surface area contributed by atoms with Crippen molar-refractivity contribution in [3.05, 3.63) is 36.5 Å². The van der Waals surface area contributed by atoms with Gasteiger partial charge in [0.05, 0.1) is 25.4 Å². The summed E-state index contributed by atoms with van der Waals surface area (Å²) in [5.41, 5.74) is 0. The summed E-state index contributed by atoms with van der Waals surface area (Å²) in [5.74, 6) is -0.0743. The summed E-state index contributed by atoms with van der Waals surface area (Å²) in [4.78, 5) is 24.5. The first kappa shape index (κ1) is 63.1. The molecule has 0 aromatic rings. The summed E-state index contributed by atoms with van der Waals surface area (Å²) in [7, 11) is 0. The number of allylic oxidation sites excluding steroid dienone is 6.